The van der Waals surface area contributed by atoms with Gasteiger partial charge in [-0.2, -0.15) is 10.1 Å². The Balaban J connectivity index is 1.45. The predicted octanol–water partition coefficient (Wildman–Crippen LogP) is 3.79. The molecular formula is C20H24N6O2. The van der Waals surface area contributed by atoms with Crippen molar-refractivity contribution in [3.63, 3.8) is 0 Å². The van der Waals surface area contributed by atoms with Gasteiger partial charge in [0.1, 0.15) is 5.82 Å². The van der Waals surface area contributed by atoms with E-state index >= 15 is 0 Å². The molecule has 8 nitrogen and oxygen atoms in total. The quantitative estimate of drug-likeness (QED) is 0.744. The van der Waals surface area contributed by atoms with E-state index in [1.165, 1.54) is 0 Å². The number of rotatable bonds is 4. The van der Waals surface area contributed by atoms with E-state index in [1.54, 1.807) is 21.8 Å². The van der Waals surface area contributed by atoms with Crippen LogP contribution < -0.4 is 5.32 Å². The van der Waals surface area contributed by atoms with Gasteiger partial charge in [-0.25, -0.2) is 9.48 Å². The number of likely N-dealkylation sites (tertiary alicyclic amines) is 1. The van der Waals surface area contributed by atoms with Crippen LogP contribution in [-0.4, -0.2) is 43.9 Å². The first-order chi connectivity index (χ1) is 13.6. The van der Waals surface area contributed by atoms with Gasteiger partial charge in [0.2, 0.25) is 5.89 Å². The molecule has 2 amide bonds. The summed E-state index contributed by atoms with van der Waals surface area (Å²) < 4.78 is 7.16. The first-order valence-electron chi connectivity index (χ1n) is 9.60. The van der Waals surface area contributed by atoms with Crippen LogP contribution >= 0.6 is 0 Å². The summed E-state index contributed by atoms with van der Waals surface area (Å²) in [6.45, 7) is 5.33. The predicted molar refractivity (Wildman–Crippen MR) is 105 cm³/mol. The number of aromatic nitrogens is 4. The number of anilines is 1. The standard InChI is InChI=1S/C20H24N6O2/c1-14(2)18-23-19(28-24-18)15-7-6-12-25(13-15)20(27)22-17-10-11-21-26(17)16-8-4-3-5-9-16/h3-5,8-11,14-15H,6-7,12-13H2,1-2H3,(H,22,27)/t15-/m0/s1. The van der Waals surface area contributed by atoms with Gasteiger partial charge in [-0.1, -0.05) is 37.2 Å². The van der Waals surface area contributed by atoms with Gasteiger partial charge in [0.25, 0.3) is 0 Å². The molecule has 0 unspecified atom stereocenters. The number of urea groups is 1. The van der Waals surface area contributed by atoms with Crippen molar-refractivity contribution in [1.82, 2.24) is 24.8 Å². The minimum absolute atomic E-state index is 0.0681. The lowest BCUT2D eigenvalue weighted by Gasteiger charge is -2.31. The van der Waals surface area contributed by atoms with Crippen LogP contribution in [0.1, 0.15) is 50.2 Å². The van der Waals surface area contributed by atoms with Crippen molar-refractivity contribution in [2.24, 2.45) is 0 Å². The fourth-order valence-electron chi connectivity index (χ4n) is 3.37. The summed E-state index contributed by atoms with van der Waals surface area (Å²) in [5.74, 6) is 2.26. The van der Waals surface area contributed by atoms with Crippen molar-refractivity contribution in [3.05, 3.63) is 54.3 Å². The Morgan fingerprint density at radius 1 is 1.25 bits per heavy atom. The normalized spacial score (nSPS) is 17.1. The molecule has 1 N–H and O–H groups in total. The topological polar surface area (TPSA) is 89.1 Å². The highest BCUT2D eigenvalue weighted by Gasteiger charge is 2.29. The zero-order valence-electron chi connectivity index (χ0n) is 16.1. The summed E-state index contributed by atoms with van der Waals surface area (Å²) in [5.41, 5.74) is 0.895. The molecule has 3 aromatic rings. The van der Waals surface area contributed by atoms with Crippen molar-refractivity contribution < 1.29 is 9.32 Å². The highest BCUT2D eigenvalue weighted by atomic mass is 16.5. The second kappa shape index (κ2) is 7.84. The van der Waals surface area contributed by atoms with Gasteiger partial charge in [-0.3, -0.25) is 5.32 Å². The molecule has 0 saturated carbocycles. The van der Waals surface area contributed by atoms with Crippen LogP contribution in [0, 0.1) is 0 Å². The molecular weight excluding hydrogens is 356 g/mol. The molecule has 8 heteroatoms. The number of piperidine rings is 1. The average Bonchev–Trinajstić information content (AvgIpc) is 3.39. The van der Waals surface area contributed by atoms with Gasteiger partial charge < -0.3 is 9.42 Å². The number of carbonyl (C=O) groups is 1. The third-order valence-electron chi connectivity index (χ3n) is 4.91. The van der Waals surface area contributed by atoms with E-state index in [4.69, 9.17) is 4.52 Å². The maximum Gasteiger partial charge on any atom is 0.323 e. The zero-order valence-corrected chi connectivity index (χ0v) is 16.1. The third kappa shape index (κ3) is 3.76. The maximum atomic E-state index is 12.8. The van der Waals surface area contributed by atoms with E-state index in [2.05, 4.69) is 20.6 Å². The molecule has 1 saturated heterocycles. The molecule has 1 fully saturated rings. The van der Waals surface area contributed by atoms with Crippen molar-refractivity contribution in [1.29, 1.82) is 0 Å². The smallest absolute Gasteiger partial charge is 0.323 e. The van der Waals surface area contributed by atoms with Crippen LogP contribution in [0.4, 0.5) is 10.6 Å². The van der Waals surface area contributed by atoms with Gasteiger partial charge >= 0.3 is 6.03 Å². The van der Waals surface area contributed by atoms with Crippen molar-refractivity contribution in [3.8, 4) is 5.69 Å². The lowest BCUT2D eigenvalue weighted by molar-refractivity contribution is 0.184. The number of hydrogen-bond donors (Lipinski definition) is 1. The molecule has 0 bridgehead atoms. The Morgan fingerprint density at radius 2 is 2.07 bits per heavy atom. The Morgan fingerprint density at radius 3 is 2.82 bits per heavy atom. The van der Waals surface area contributed by atoms with Gasteiger partial charge in [-0.15, -0.1) is 0 Å². The van der Waals surface area contributed by atoms with E-state index in [0.717, 1.165) is 18.5 Å². The molecule has 1 atom stereocenters. The summed E-state index contributed by atoms with van der Waals surface area (Å²) in [6, 6.07) is 11.4. The van der Waals surface area contributed by atoms with E-state index in [1.807, 2.05) is 44.2 Å². The lowest BCUT2D eigenvalue weighted by atomic mass is 9.98. The summed E-state index contributed by atoms with van der Waals surface area (Å²) >= 11 is 0. The largest absolute Gasteiger partial charge is 0.339 e. The molecule has 0 spiro atoms. The summed E-state index contributed by atoms with van der Waals surface area (Å²) in [4.78, 5) is 19.2. The van der Waals surface area contributed by atoms with E-state index < -0.39 is 0 Å². The molecule has 0 radical (unpaired) electrons. The number of carbonyl (C=O) groups excluding carboxylic acids is 1. The summed E-state index contributed by atoms with van der Waals surface area (Å²) in [7, 11) is 0. The molecule has 28 heavy (non-hydrogen) atoms. The second-order valence-corrected chi connectivity index (χ2v) is 7.32. The van der Waals surface area contributed by atoms with Crippen LogP contribution in [0.5, 0.6) is 0 Å². The molecule has 4 rings (SSSR count). The van der Waals surface area contributed by atoms with Gasteiger partial charge in [-0.05, 0) is 25.0 Å². The van der Waals surface area contributed by atoms with Crippen molar-refractivity contribution in [2.45, 2.75) is 38.5 Å². The van der Waals surface area contributed by atoms with Crippen LogP contribution in [0.2, 0.25) is 0 Å². The van der Waals surface area contributed by atoms with Crippen molar-refractivity contribution in [2.75, 3.05) is 18.4 Å². The number of amides is 2. The summed E-state index contributed by atoms with van der Waals surface area (Å²) in [6.07, 6.45) is 3.51. The number of benzene rings is 1. The first kappa shape index (κ1) is 18.2. The Hall–Kier alpha value is -3.16. The van der Waals surface area contributed by atoms with Crippen LogP contribution in [0.3, 0.4) is 0 Å². The maximum absolute atomic E-state index is 12.8. The molecule has 1 aliphatic rings. The number of hydrogen-bond acceptors (Lipinski definition) is 5. The molecule has 0 aliphatic carbocycles. The van der Waals surface area contributed by atoms with E-state index in [9.17, 15) is 4.79 Å². The van der Waals surface area contributed by atoms with E-state index in [0.29, 0.717) is 30.6 Å². The minimum atomic E-state index is -0.147. The van der Waals surface area contributed by atoms with Gasteiger partial charge in [0.15, 0.2) is 5.82 Å². The monoisotopic (exact) mass is 380 g/mol. The average molecular weight is 380 g/mol. The number of para-hydroxylation sites is 1. The van der Waals surface area contributed by atoms with Gasteiger partial charge in [0, 0.05) is 25.1 Å². The molecule has 2 aromatic heterocycles. The van der Waals surface area contributed by atoms with Crippen LogP contribution in [0.25, 0.3) is 5.69 Å². The summed E-state index contributed by atoms with van der Waals surface area (Å²) in [5, 5.41) is 11.3. The molecule has 3 heterocycles. The Kier molecular flexibility index (Phi) is 5.10. The van der Waals surface area contributed by atoms with E-state index in [-0.39, 0.29) is 17.9 Å². The zero-order chi connectivity index (χ0) is 19.5. The Bertz CT molecular complexity index is 933. The molecule has 1 aromatic carbocycles. The second-order valence-electron chi connectivity index (χ2n) is 7.32. The number of nitrogens with one attached hydrogen (secondary N) is 1. The van der Waals surface area contributed by atoms with Gasteiger partial charge in [0.05, 0.1) is 17.8 Å². The highest BCUT2D eigenvalue weighted by molar-refractivity contribution is 5.88. The van der Waals surface area contributed by atoms with Crippen LogP contribution in [0.15, 0.2) is 47.1 Å². The number of nitrogens with zero attached hydrogens (tertiary/aromatic N) is 5. The SMILES string of the molecule is CC(C)c1noc([C@H]2CCCN(C(=O)Nc3ccnn3-c3ccccc3)C2)n1. The fraction of sp³-hybridized carbons (Fsp3) is 0.400. The van der Waals surface area contributed by atoms with Crippen molar-refractivity contribution >= 4 is 11.8 Å². The first-order valence-corrected chi connectivity index (χ1v) is 9.60. The third-order valence-corrected chi connectivity index (χ3v) is 4.91. The highest BCUT2D eigenvalue weighted by Crippen LogP contribution is 2.27. The molecule has 146 valence electrons. The van der Waals surface area contributed by atoms with Crippen LogP contribution in [-0.2, 0) is 0 Å². The fourth-order valence-corrected chi connectivity index (χ4v) is 3.37. The lowest BCUT2D eigenvalue weighted by Crippen LogP contribution is -2.42. The minimum Gasteiger partial charge on any atom is -0.339 e. The Labute approximate surface area is 163 Å². The molecule has 1 aliphatic heterocycles.